The zero-order valence-corrected chi connectivity index (χ0v) is 11.3. The molecule has 0 radical (unpaired) electrons. The zero-order chi connectivity index (χ0) is 14.5. The van der Waals surface area contributed by atoms with E-state index in [0.29, 0.717) is 33.4 Å². The average Bonchev–Trinajstić information content (AvgIpc) is 2.47. The van der Waals surface area contributed by atoms with Crippen LogP contribution in [-0.2, 0) is 0 Å². The number of rotatable bonds is 3. The fraction of sp³-hybridized carbons (Fsp3) is 0.0667. The van der Waals surface area contributed by atoms with Gasteiger partial charge in [0.2, 0.25) is 0 Å². The van der Waals surface area contributed by atoms with Crippen molar-refractivity contribution >= 4 is 11.6 Å². The van der Waals surface area contributed by atoms with Gasteiger partial charge < -0.3 is 9.47 Å². The highest BCUT2D eigenvalue weighted by atomic mass is 35.5. The van der Waals surface area contributed by atoms with E-state index in [-0.39, 0.29) is 0 Å². The molecular formula is C15H9ClN2O2. The van der Waals surface area contributed by atoms with Crippen LogP contribution in [0.3, 0.4) is 0 Å². The molecule has 0 aliphatic heterocycles. The summed E-state index contributed by atoms with van der Waals surface area (Å²) in [6, 6.07) is 13.5. The van der Waals surface area contributed by atoms with Gasteiger partial charge in [0.05, 0.1) is 24.3 Å². The Morgan fingerprint density at radius 3 is 2.40 bits per heavy atom. The summed E-state index contributed by atoms with van der Waals surface area (Å²) >= 11 is 5.89. The van der Waals surface area contributed by atoms with Crippen molar-refractivity contribution in [3.8, 4) is 29.4 Å². The zero-order valence-electron chi connectivity index (χ0n) is 10.6. The maximum Gasteiger partial charge on any atom is 0.146 e. The first kappa shape index (κ1) is 13.7. The van der Waals surface area contributed by atoms with Crippen LogP contribution in [0.2, 0.25) is 5.02 Å². The third-order valence-corrected chi connectivity index (χ3v) is 2.77. The molecule has 0 N–H and O–H groups in total. The van der Waals surface area contributed by atoms with E-state index < -0.39 is 0 Å². The monoisotopic (exact) mass is 284 g/mol. The summed E-state index contributed by atoms with van der Waals surface area (Å²) in [5.41, 5.74) is 0.760. The molecule has 2 aromatic carbocycles. The maximum atomic E-state index is 9.04. The first-order valence-corrected chi connectivity index (χ1v) is 6.00. The van der Waals surface area contributed by atoms with E-state index in [1.165, 1.54) is 7.11 Å². The number of benzene rings is 2. The molecule has 0 amide bonds. The second kappa shape index (κ2) is 5.97. The fourth-order valence-electron chi connectivity index (χ4n) is 1.61. The third-order valence-electron chi connectivity index (χ3n) is 2.54. The van der Waals surface area contributed by atoms with Gasteiger partial charge in [-0.15, -0.1) is 0 Å². The molecular weight excluding hydrogens is 276 g/mol. The molecule has 98 valence electrons. The van der Waals surface area contributed by atoms with E-state index in [2.05, 4.69) is 0 Å². The van der Waals surface area contributed by atoms with Gasteiger partial charge in [-0.25, -0.2) is 0 Å². The van der Waals surface area contributed by atoms with Crippen LogP contribution in [0.15, 0.2) is 36.4 Å². The molecule has 0 heterocycles. The largest absolute Gasteiger partial charge is 0.497 e. The lowest BCUT2D eigenvalue weighted by molar-refractivity contribution is 0.408. The summed E-state index contributed by atoms with van der Waals surface area (Å²) in [4.78, 5) is 0. The lowest BCUT2D eigenvalue weighted by Gasteiger charge is -2.09. The van der Waals surface area contributed by atoms with E-state index in [1.807, 2.05) is 12.1 Å². The Morgan fingerprint density at radius 2 is 1.75 bits per heavy atom. The molecule has 0 saturated carbocycles. The topological polar surface area (TPSA) is 66.0 Å². The molecule has 4 nitrogen and oxygen atoms in total. The molecule has 0 aliphatic carbocycles. The molecule has 0 atom stereocenters. The van der Waals surface area contributed by atoms with Crippen LogP contribution in [0.5, 0.6) is 17.2 Å². The standard InChI is InChI=1S/C15H9ClN2O2/c1-19-13-4-10(8-17)5-14(7-13)20-15-6-12(16)3-2-11(15)9-18/h2-7H,1H3. The molecule has 0 spiro atoms. The summed E-state index contributed by atoms with van der Waals surface area (Å²) in [7, 11) is 1.50. The van der Waals surface area contributed by atoms with Crippen LogP contribution in [0, 0.1) is 22.7 Å². The molecule has 2 aromatic rings. The minimum Gasteiger partial charge on any atom is -0.497 e. The lowest BCUT2D eigenvalue weighted by atomic mass is 10.2. The van der Waals surface area contributed by atoms with Crippen LogP contribution in [-0.4, -0.2) is 7.11 Å². The van der Waals surface area contributed by atoms with Gasteiger partial charge in [0.25, 0.3) is 0 Å². The molecule has 2 rings (SSSR count). The number of hydrogen-bond acceptors (Lipinski definition) is 4. The maximum absolute atomic E-state index is 9.04. The Balaban J connectivity index is 2.42. The van der Waals surface area contributed by atoms with Crippen molar-refractivity contribution in [2.75, 3.05) is 7.11 Å². The normalized spacial score (nSPS) is 9.40. The highest BCUT2D eigenvalue weighted by Crippen LogP contribution is 2.30. The third kappa shape index (κ3) is 3.00. The second-order valence-electron chi connectivity index (χ2n) is 3.86. The Bertz CT molecular complexity index is 730. The van der Waals surface area contributed by atoms with Crippen molar-refractivity contribution in [1.29, 1.82) is 10.5 Å². The van der Waals surface area contributed by atoms with Gasteiger partial charge in [-0.1, -0.05) is 11.6 Å². The first-order chi connectivity index (χ1) is 9.66. The van der Waals surface area contributed by atoms with Crippen molar-refractivity contribution in [3.05, 3.63) is 52.5 Å². The summed E-state index contributed by atoms with van der Waals surface area (Å²) in [5.74, 6) is 1.23. The van der Waals surface area contributed by atoms with Gasteiger partial charge in [-0.05, 0) is 24.3 Å². The van der Waals surface area contributed by atoms with Gasteiger partial charge in [0.1, 0.15) is 23.3 Å². The van der Waals surface area contributed by atoms with Crippen LogP contribution in [0.4, 0.5) is 0 Å². The van der Waals surface area contributed by atoms with Gasteiger partial charge >= 0.3 is 0 Å². The summed E-state index contributed by atoms with van der Waals surface area (Å²) < 4.78 is 10.7. The Labute approximate surface area is 121 Å². The molecule has 5 heteroatoms. The minimum absolute atomic E-state index is 0.331. The molecule has 0 fully saturated rings. The van der Waals surface area contributed by atoms with Crippen LogP contribution < -0.4 is 9.47 Å². The van der Waals surface area contributed by atoms with Crippen LogP contribution >= 0.6 is 11.6 Å². The Hall–Kier alpha value is -2.69. The highest BCUT2D eigenvalue weighted by Gasteiger charge is 2.08. The SMILES string of the molecule is COc1cc(C#N)cc(Oc2cc(Cl)ccc2C#N)c1. The van der Waals surface area contributed by atoms with E-state index >= 15 is 0 Å². The Kier molecular flexibility index (Phi) is 4.10. The van der Waals surface area contributed by atoms with Crippen molar-refractivity contribution in [1.82, 2.24) is 0 Å². The molecule has 0 unspecified atom stereocenters. The average molecular weight is 285 g/mol. The quantitative estimate of drug-likeness (QED) is 0.858. The van der Waals surface area contributed by atoms with Gasteiger partial charge in [-0.2, -0.15) is 10.5 Å². The van der Waals surface area contributed by atoms with Crippen LogP contribution in [0.25, 0.3) is 0 Å². The van der Waals surface area contributed by atoms with Gasteiger partial charge in [0.15, 0.2) is 0 Å². The minimum atomic E-state index is 0.331. The van der Waals surface area contributed by atoms with Crippen molar-refractivity contribution in [2.45, 2.75) is 0 Å². The van der Waals surface area contributed by atoms with E-state index in [4.69, 9.17) is 31.6 Å². The van der Waals surface area contributed by atoms with Crippen LogP contribution in [0.1, 0.15) is 11.1 Å². The van der Waals surface area contributed by atoms with E-state index in [0.717, 1.165) is 0 Å². The Morgan fingerprint density at radius 1 is 1.00 bits per heavy atom. The van der Waals surface area contributed by atoms with Crippen molar-refractivity contribution < 1.29 is 9.47 Å². The number of ether oxygens (including phenoxy) is 2. The lowest BCUT2D eigenvalue weighted by Crippen LogP contribution is -1.91. The molecule has 0 aromatic heterocycles. The van der Waals surface area contributed by atoms with Gasteiger partial charge in [-0.3, -0.25) is 0 Å². The summed E-state index contributed by atoms with van der Waals surface area (Å²) in [6.45, 7) is 0. The number of halogens is 1. The number of hydrogen-bond donors (Lipinski definition) is 0. The van der Waals surface area contributed by atoms with Gasteiger partial charge in [0, 0.05) is 17.2 Å². The smallest absolute Gasteiger partial charge is 0.146 e. The first-order valence-electron chi connectivity index (χ1n) is 5.63. The fourth-order valence-corrected chi connectivity index (χ4v) is 1.78. The molecule has 0 saturated heterocycles. The predicted octanol–water partition coefficient (Wildman–Crippen LogP) is 3.88. The highest BCUT2D eigenvalue weighted by molar-refractivity contribution is 6.30. The number of methoxy groups -OCH3 is 1. The van der Waals surface area contributed by atoms with E-state index in [9.17, 15) is 0 Å². The van der Waals surface area contributed by atoms with E-state index in [1.54, 1.807) is 36.4 Å². The predicted molar refractivity (Wildman–Crippen MR) is 74.0 cm³/mol. The number of nitriles is 2. The number of nitrogens with zero attached hydrogens (tertiary/aromatic N) is 2. The molecule has 20 heavy (non-hydrogen) atoms. The summed E-state index contributed by atoms with van der Waals surface area (Å²) in [5, 5.41) is 18.5. The van der Waals surface area contributed by atoms with Crippen molar-refractivity contribution in [2.24, 2.45) is 0 Å². The molecule has 0 bridgehead atoms. The molecule has 0 aliphatic rings. The second-order valence-corrected chi connectivity index (χ2v) is 4.30. The summed E-state index contributed by atoms with van der Waals surface area (Å²) in [6.07, 6.45) is 0. The van der Waals surface area contributed by atoms with Crippen molar-refractivity contribution in [3.63, 3.8) is 0 Å².